The molecule has 4 heteroatoms. The van der Waals surface area contributed by atoms with E-state index in [4.69, 9.17) is 4.52 Å². The Morgan fingerprint density at radius 3 is 2.42 bits per heavy atom. The molecule has 100 valence electrons. The summed E-state index contributed by atoms with van der Waals surface area (Å²) < 4.78 is 5.13. The van der Waals surface area contributed by atoms with Crippen LogP contribution in [0.2, 0.25) is 0 Å². The Morgan fingerprint density at radius 2 is 1.84 bits per heavy atom. The summed E-state index contributed by atoms with van der Waals surface area (Å²) in [5.41, 5.74) is 2.46. The first-order valence-electron chi connectivity index (χ1n) is 6.21. The molecule has 1 N–H and O–H groups in total. The lowest BCUT2D eigenvalue weighted by Crippen LogP contribution is -2.27. The van der Waals surface area contributed by atoms with E-state index in [-0.39, 0.29) is 5.91 Å². The first-order chi connectivity index (χ1) is 8.88. The third-order valence-electron chi connectivity index (χ3n) is 2.84. The van der Waals surface area contributed by atoms with Crippen molar-refractivity contribution in [3.8, 4) is 11.1 Å². The van der Waals surface area contributed by atoms with Crippen LogP contribution in [0.1, 0.15) is 26.3 Å². The molecule has 0 atom stereocenters. The van der Waals surface area contributed by atoms with E-state index in [1.807, 2.05) is 52.0 Å². The molecule has 0 aliphatic heterocycles. The van der Waals surface area contributed by atoms with Crippen molar-refractivity contribution < 1.29 is 9.32 Å². The summed E-state index contributed by atoms with van der Waals surface area (Å²) in [4.78, 5) is 12.0. The Labute approximate surface area is 112 Å². The number of hydrogen-bond acceptors (Lipinski definition) is 3. The molecule has 1 amide bonds. The molecule has 1 aromatic carbocycles. The van der Waals surface area contributed by atoms with Crippen LogP contribution in [-0.4, -0.2) is 11.1 Å². The third-order valence-corrected chi connectivity index (χ3v) is 2.84. The van der Waals surface area contributed by atoms with Crippen molar-refractivity contribution in [2.24, 2.45) is 5.41 Å². The molecule has 0 bridgehead atoms. The number of nitrogens with zero attached hydrogens (tertiary/aromatic N) is 1. The van der Waals surface area contributed by atoms with Gasteiger partial charge in [0.2, 0.25) is 11.8 Å². The van der Waals surface area contributed by atoms with E-state index < -0.39 is 5.41 Å². The lowest BCUT2D eigenvalue weighted by molar-refractivity contribution is -0.123. The van der Waals surface area contributed by atoms with Crippen LogP contribution in [0.4, 0.5) is 5.88 Å². The molecule has 0 saturated heterocycles. The second-order valence-corrected chi connectivity index (χ2v) is 5.64. The van der Waals surface area contributed by atoms with Crippen molar-refractivity contribution in [2.45, 2.75) is 27.7 Å². The molecule has 0 radical (unpaired) electrons. The van der Waals surface area contributed by atoms with Crippen LogP contribution in [0, 0.1) is 12.3 Å². The maximum Gasteiger partial charge on any atom is 0.239 e. The zero-order valence-corrected chi connectivity index (χ0v) is 11.7. The summed E-state index contributed by atoms with van der Waals surface area (Å²) in [6.07, 6.45) is 1.61. The molecule has 0 unspecified atom stereocenters. The van der Waals surface area contributed by atoms with Gasteiger partial charge in [-0.05, 0) is 12.5 Å². The number of anilines is 1. The number of carbonyl (C=O) groups excluding carboxylic acids is 1. The highest BCUT2D eigenvalue weighted by molar-refractivity contribution is 5.96. The highest BCUT2D eigenvalue weighted by Gasteiger charge is 2.24. The van der Waals surface area contributed by atoms with Gasteiger partial charge in [-0.2, -0.15) is 0 Å². The van der Waals surface area contributed by atoms with E-state index in [2.05, 4.69) is 10.5 Å². The first kappa shape index (κ1) is 13.3. The Morgan fingerprint density at radius 1 is 1.21 bits per heavy atom. The van der Waals surface area contributed by atoms with Crippen LogP contribution in [0.25, 0.3) is 11.1 Å². The van der Waals surface area contributed by atoms with E-state index in [9.17, 15) is 4.79 Å². The summed E-state index contributed by atoms with van der Waals surface area (Å²) in [6.45, 7) is 7.58. The van der Waals surface area contributed by atoms with E-state index >= 15 is 0 Å². The number of benzene rings is 1. The Balaban J connectivity index is 2.28. The number of nitrogens with one attached hydrogen (secondary N) is 1. The molecule has 0 spiro atoms. The minimum atomic E-state index is -0.475. The number of aromatic nitrogens is 1. The van der Waals surface area contributed by atoms with E-state index in [1.54, 1.807) is 6.20 Å². The van der Waals surface area contributed by atoms with Gasteiger partial charge in [-0.15, -0.1) is 0 Å². The second kappa shape index (κ2) is 4.88. The molecule has 4 nitrogen and oxygen atoms in total. The SMILES string of the molecule is Cc1ccc(-c2cnoc2NC(=O)C(C)(C)C)cc1. The van der Waals surface area contributed by atoms with Crippen molar-refractivity contribution in [1.29, 1.82) is 0 Å². The van der Waals surface area contributed by atoms with Gasteiger partial charge < -0.3 is 4.52 Å². The first-order valence-corrected chi connectivity index (χ1v) is 6.21. The van der Waals surface area contributed by atoms with Crippen LogP contribution in [-0.2, 0) is 4.79 Å². The van der Waals surface area contributed by atoms with Gasteiger partial charge in [0.1, 0.15) is 0 Å². The lowest BCUT2D eigenvalue weighted by Gasteiger charge is -2.16. The molecule has 0 fully saturated rings. The summed E-state index contributed by atoms with van der Waals surface area (Å²) in [6, 6.07) is 7.98. The van der Waals surface area contributed by atoms with Gasteiger partial charge in [0.15, 0.2) is 0 Å². The molecular formula is C15H18N2O2. The fourth-order valence-electron chi connectivity index (χ4n) is 1.56. The standard InChI is InChI=1S/C15H18N2O2/c1-10-5-7-11(8-6-10)12-9-16-19-13(12)17-14(18)15(2,3)4/h5-9H,1-4H3,(H,17,18). The predicted octanol–water partition coefficient (Wildman–Crippen LogP) is 3.63. The van der Waals surface area contributed by atoms with Crippen LogP contribution < -0.4 is 5.32 Å². The lowest BCUT2D eigenvalue weighted by atomic mass is 9.95. The number of rotatable bonds is 2. The topological polar surface area (TPSA) is 55.1 Å². The van der Waals surface area contributed by atoms with Crippen LogP contribution >= 0.6 is 0 Å². The monoisotopic (exact) mass is 258 g/mol. The second-order valence-electron chi connectivity index (χ2n) is 5.64. The van der Waals surface area contributed by atoms with Crippen LogP contribution in [0.5, 0.6) is 0 Å². The molecule has 0 aliphatic carbocycles. The average molecular weight is 258 g/mol. The fraction of sp³-hybridized carbons (Fsp3) is 0.333. The Kier molecular flexibility index (Phi) is 3.42. The van der Waals surface area contributed by atoms with Gasteiger partial charge in [0.25, 0.3) is 0 Å². The normalized spacial score (nSPS) is 11.4. The van der Waals surface area contributed by atoms with Crippen LogP contribution in [0.15, 0.2) is 35.0 Å². The zero-order chi connectivity index (χ0) is 14.0. The molecule has 1 aromatic heterocycles. The molecule has 2 aromatic rings. The molecule has 2 rings (SSSR count). The molecule has 1 heterocycles. The molecule has 0 aliphatic rings. The fourth-order valence-corrected chi connectivity index (χ4v) is 1.56. The van der Waals surface area contributed by atoms with E-state index in [1.165, 1.54) is 5.56 Å². The molecule has 0 saturated carbocycles. The molecular weight excluding hydrogens is 240 g/mol. The average Bonchev–Trinajstić information content (AvgIpc) is 2.77. The molecule has 19 heavy (non-hydrogen) atoms. The summed E-state index contributed by atoms with van der Waals surface area (Å²) in [5.74, 6) is 0.293. The Hall–Kier alpha value is -2.10. The van der Waals surface area contributed by atoms with Crippen molar-refractivity contribution >= 4 is 11.8 Å². The van der Waals surface area contributed by atoms with E-state index in [0.717, 1.165) is 11.1 Å². The Bertz CT molecular complexity index is 577. The quantitative estimate of drug-likeness (QED) is 0.894. The minimum absolute atomic E-state index is 0.0994. The maximum atomic E-state index is 12.0. The van der Waals surface area contributed by atoms with Crippen LogP contribution in [0.3, 0.4) is 0 Å². The smallest absolute Gasteiger partial charge is 0.239 e. The van der Waals surface area contributed by atoms with Gasteiger partial charge in [0.05, 0.1) is 11.8 Å². The highest BCUT2D eigenvalue weighted by Crippen LogP contribution is 2.29. The van der Waals surface area contributed by atoms with Crippen molar-refractivity contribution in [3.05, 3.63) is 36.0 Å². The third kappa shape index (κ3) is 3.02. The number of carbonyl (C=O) groups is 1. The van der Waals surface area contributed by atoms with Crippen molar-refractivity contribution in [1.82, 2.24) is 5.16 Å². The van der Waals surface area contributed by atoms with E-state index in [0.29, 0.717) is 5.88 Å². The minimum Gasteiger partial charge on any atom is -0.338 e. The number of hydrogen-bond donors (Lipinski definition) is 1. The highest BCUT2D eigenvalue weighted by atomic mass is 16.5. The van der Waals surface area contributed by atoms with Crippen molar-refractivity contribution in [3.63, 3.8) is 0 Å². The van der Waals surface area contributed by atoms with Gasteiger partial charge in [-0.25, -0.2) is 0 Å². The van der Waals surface area contributed by atoms with Gasteiger partial charge >= 0.3 is 0 Å². The largest absolute Gasteiger partial charge is 0.338 e. The summed E-state index contributed by atoms with van der Waals surface area (Å²) in [7, 11) is 0. The number of aryl methyl sites for hydroxylation is 1. The maximum absolute atomic E-state index is 12.0. The van der Waals surface area contributed by atoms with Gasteiger partial charge in [-0.3, -0.25) is 10.1 Å². The number of amides is 1. The van der Waals surface area contributed by atoms with Crippen molar-refractivity contribution in [2.75, 3.05) is 5.32 Å². The zero-order valence-electron chi connectivity index (χ0n) is 11.7. The van der Waals surface area contributed by atoms with Gasteiger partial charge in [-0.1, -0.05) is 55.8 Å². The van der Waals surface area contributed by atoms with Gasteiger partial charge in [0, 0.05) is 5.41 Å². The summed E-state index contributed by atoms with van der Waals surface area (Å²) >= 11 is 0. The summed E-state index contributed by atoms with van der Waals surface area (Å²) in [5, 5.41) is 6.54. The predicted molar refractivity (Wildman–Crippen MR) is 74.8 cm³/mol.